The smallest absolute Gasteiger partial charge is 0.316 e. The number of rotatable bonds is 8. The fraction of sp³-hybridized carbons (Fsp3) is 0.771. The molecule has 2 bridgehead atoms. The van der Waals surface area contributed by atoms with Crippen LogP contribution >= 0.6 is 0 Å². The molecule has 348 valence electrons. The number of methoxy groups -OCH3 is 2. The van der Waals surface area contributed by atoms with E-state index in [1.165, 1.54) is 0 Å². The third-order valence-corrected chi connectivity index (χ3v) is 14.5. The number of allylic oxidation sites excluding steroid dienone is 2. The zero-order valence-electron chi connectivity index (χ0n) is 38.2. The van der Waals surface area contributed by atoms with Crippen LogP contribution < -0.4 is 0 Å². The Kier molecular flexibility index (Phi) is 15.1. The zero-order valence-corrected chi connectivity index (χ0v) is 38.2. The van der Waals surface area contributed by atoms with Gasteiger partial charge in [0.15, 0.2) is 18.4 Å². The Labute approximate surface area is 367 Å². The van der Waals surface area contributed by atoms with E-state index in [0.29, 0.717) is 43.3 Å². The first-order valence-corrected chi connectivity index (χ1v) is 22.9. The van der Waals surface area contributed by atoms with Crippen molar-refractivity contribution in [3.63, 3.8) is 0 Å². The minimum absolute atomic E-state index is 0.0317. The summed E-state index contributed by atoms with van der Waals surface area (Å²) in [7, 11) is 3.22. The van der Waals surface area contributed by atoms with Crippen molar-refractivity contribution in [2.75, 3.05) is 20.8 Å². The maximum absolute atomic E-state index is 14.3. The van der Waals surface area contributed by atoms with Gasteiger partial charge in [0, 0.05) is 51.7 Å². The number of aliphatic hydroxyl groups is 3. The number of carbonyl (C=O) groups is 1. The highest BCUT2D eigenvalue weighted by atomic mass is 16.7. The highest BCUT2D eigenvalue weighted by molar-refractivity contribution is 5.78. The van der Waals surface area contributed by atoms with E-state index >= 15 is 0 Å². The predicted octanol–water partition coefficient (Wildman–Crippen LogP) is 5.38. The molecular weight excluding hydrogens is 801 g/mol. The molecule has 0 amide bonds. The average molecular weight is 873 g/mol. The number of esters is 1. The fourth-order valence-corrected chi connectivity index (χ4v) is 10.6. The lowest BCUT2D eigenvalue weighted by Crippen LogP contribution is -2.58. The van der Waals surface area contributed by atoms with Gasteiger partial charge in [-0.05, 0) is 62.8 Å². The molecule has 4 saturated heterocycles. The molecule has 20 atom stereocenters. The molecule has 4 fully saturated rings. The highest BCUT2D eigenvalue weighted by Crippen LogP contribution is 2.47. The van der Waals surface area contributed by atoms with Gasteiger partial charge in [-0.15, -0.1) is 0 Å². The lowest BCUT2D eigenvalue weighted by molar-refractivity contribution is -0.318. The van der Waals surface area contributed by atoms with Crippen molar-refractivity contribution in [3.05, 3.63) is 59.3 Å². The quantitative estimate of drug-likeness (QED) is 0.210. The van der Waals surface area contributed by atoms with E-state index in [-0.39, 0.29) is 42.7 Å². The second-order valence-electron chi connectivity index (χ2n) is 19.0. The summed E-state index contributed by atoms with van der Waals surface area (Å²) in [6, 6.07) is 0. The first-order chi connectivity index (χ1) is 29.5. The monoisotopic (exact) mass is 872 g/mol. The summed E-state index contributed by atoms with van der Waals surface area (Å²) in [5.74, 6) is -2.56. The van der Waals surface area contributed by atoms with Crippen LogP contribution in [0.3, 0.4) is 0 Å². The zero-order chi connectivity index (χ0) is 44.7. The number of aliphatic hydroxyl groups excluding tert-OH is 2. The van der Waals surface area contributed by atoms with E-state index in [0.717, 1.165) is 12.0 Å². The number of ether oxygens (including phenoxy) is 10. The molecule has 6 heterocycles. The molecule has 6 aliphatic heterocycles. The summed E-state index contributed by atoms with van der Waals surface area (Å²) >= 11 is 0. The fourth-order valence-electron chi connectivity index (χ4n) is 10.6. The molecule has 0 aromatic rings. The third kappa shape index (κ3) is 9.64. The standard InChI is InChI=1S/C48H72O14/c1-11-25(2)43-28(5)17-18-47(62-43)23-34-20-33(61-47)16-15-27(4)42(26(3)13-12-14-32-24-55-45-40(49)29(6)19-35(46(51)58-34)48(32,45)52)59-39-22-37(54-10)44(31(8)57-39)60-38-21-36(53-9)41(50)30(7)56-38/h12-15,17-19,25-26,28,30-31,33-45,49-50,52H,11,16,20-24H2,1-10H3/b13-12+,27-15+,32-14+/t25-,26-,28-,30-,31-,33+,34-,35-,36-,37-,38-,39-,40+,41-,42+,43+,44-,45+,47+,48+/m0/s1. The van der Waals surface area contributed by atoms with Crippen molar-refractivity contribution in [1.29, 1.82) is 0 Å². The van der Waals surface area contributed by atoms with Gasteiger partial charge in [-0.2, -0.15) is 0 Å². The highest BCUT2D eigenvalue weighted by Gasteiger charge is 2.60. The van der Waals surface area contributed by atoms with Crippen LogP contribution in [0.5, 0.6) is 0 Å². The van der Waals surface area contributed by atoms with Gasteiger partial charge in [0.25, 0.3) is 0 Å². The van der Waals surface area contributed by atoms with Gasteiger partial charge < -0.3 is 62.7 Å². The van der Waals surface area contributed by atoms with E-state index in [1.54, 1.807) is 40.2 Å². The molecule has 0 aromatic carbocycles. The molecule has 7 rings (SSSR count). The van der Waals surface area contributed by atoms with Crippen LogP contribution in [0.15, 0.2) is 59.3 Å². The van der Waals surface area contributed by atoms with Crippen molar-refractivity contribution in [1.82, 2.24) is 0 Å². The summed E-state index contributed by atoms with van der Waals surface area (Å²) in [4.78, 5) is 14.3. The summed E-state index contributed by atoms with van der Waals surface area (Å²) in [5.41, 5.74) is 0.134. The van der Waals surface area contributed by atoms with Gasteiger partial charge in [-0.3, -0.25) is 4.79 Å². The van der Waals surface area contributed by atoms with Crippen molar-refractivity contribution in [2.24, 2.45) is 23.7 Å². The molecule has 0 unspecified atom stereocenters. The van der Waals surface area contributed by atoms with Crippen LogP contribution in [0.4, 0.5) is 0 Å². The van der Waals surface area contributed by atoms with E-state index < -0.39 is 90.8 Å². The maximum atomic E-state index is 14.3. The summed E-state index contributed by atoms with van der Waals surface area (Å²) in [5, 5.41) is 34.2. The van der Waals surface area contributed by atoms with Crippen LogP contribution in [-0.4, -0.2) is 139 Å². The number of hydrogen-bond donors (Lipinski definition) is 3. The Balaban J connectivity index is 1.18. The first kappa shape index (κ1) is 47.6. The molecule has 1 aliphatic carbocycles. The lowest BCUT2D eigenvalue weighted by Gasteiger charge is -2.48. The van der Waals surface area contributed by atoms with Crippen LogP contribution in [0.2, 0.25) is 0 Å². The maximum Gasteiger partial charge on any atom is 0.316 e. The molecular formula is C48H72O14. The van der Waals surface area contributed by atoms with Crippen molar-refractivity contribution < 1.29 is 67.5 Å². The topological polar surface area (TPSA) is 170 Å². The van der Waals surface area contributed by atoms with Crippen molar-refractivity contribution in [3.8, 4) is 0 Å². The Morgan fingerprint density at radius 3 is 2.32 bits per heavy atom. The molecule has 62 heavy (non-hydrogen) atoms. The Bertz CT molecular complexity index is 1730. The van der Waals surface area contributed by atoms with Crippen LogP contribution in [0.25, 0.3) is 0 Å². The second kappa shape index (κ2) is 19.7. The summed E-state index contributed by atoms with van der Waals surface area (Å²) in [6.45, 7) is 16.1. The van der Waals surface area contributed by atoms with Crippen molar-refractivity contribution >= 4 is 5.97 Å². The molecule has 3 N–H and O–H groups in total. The van der Waals surface area contributed by atoms with Gasteiger partial charge >= 0.3 is 5.97 Å². The number of fused-ring (bicyclic) bond motifs is 2. The first-order valence-electron chi connectivity index (χ1n) is 22.9. The Morgan fingerprint density at radius 2 is 1.60 bits per heavy atom. The van der Waals surface area contributed by atoms with Gasteiger partial charge in [0.05, 0.1) is 49.3 Å². The Hall–Kier alpha value is -2.31. The minimum Gasteiger partial charge on any atom is -0.462 e. The van der Waals surface area contributed by atoms with Crippen LogP contribution in [-0.2, 0) is 52.2 Å². The van der Waals surface area contributed by atoms with Crippen LogP contribution in [0.1, 0.15) is 93.9 Å². The molecule has 0 aromatic heterocycles. The molecule has 14 heteroatoms. The van der Waals surface area contributed by atoms with Crippen LogP contribution in [0, 0.1) is 23.7 Å². The lowest BCUT2D eigenvalue weighted by atomic mass is 9.71. The molecule has 14 nitrogen and oxygen atoms in total. The molecule has 1 spiro atoms. The molecule has 0 radical (unpaired) electrons. The van der Waals surface area contributed by atoms with Gasteiger partial charge in [-0.1, -0.05) is 70.6 Å². The van der Waals surface area contributed by atoms with Gasteiger partial charge in [0.2, 0.25) is 0 Å². The third-order valence-electron chi connectivity index (χ3n) is 14.5. The van der Waals surface area contributed by atoms with Crippen molar-refractivity contribution in [2.45, 2.75) is 191 Å². The second-order valence-corrected chi connectivity index (χ2v) is 19.0. The molecule has 0 saturated carbocycles. The average Bonchev–Trinajstić information content (AvgIpc) is 3.58. The number of hydrogen-bond acceptors (Lipinski definition) is 14. The molecule has 7 aliphatic rings. The SMILES string of the molecule is CC[C@H](C)[C@H]1O[C@]2(C=C[C@@H]1C)C[C@@H]1C[C@@H](C/C=C(\C)[C@H](O[C@H]3C[C@H](OC)[C@@H](O[C@H]4C[C@H](OC)[C@@H](O)[C@H](C)O4)[C@H](C)O3)[C@@H](C)/C=C/C=C3\CO[C@@H]4[C@H](O)C(C)=C[C@@H](C(=O)O1)[C@]34O)O2. The summed E-state index contributed by atoms with van der Waals surface area (Å²) in [6.07, 6.45) is 8.55. The van der Waals surface area contributed by atoms with E-state index in [2.05, 4.69) is 39.8 Å². The number of carbonyl (C=O) groups excluding carboxylic acids is 1. The van der Waals surface area contributed by atoms with E-state index in [9.17, 15) is 20.1 Å². The Morgan fingerprint density at radius 1 is 0.887 bits per heavy atom. The van der Waals surface area contributed by atoms with E-state index in [1.807, 2.05) is 32.1 Å². The predicted molar refractivity (Wildman–Crippen MR) is 227 cm³/mol. The van der Waals surface area contributed by atoms with E-state index in [4.69, 9.17) is 47.4 Å². The summed E-state index contributed by atoms with van der Waals surface area (Å²) < 4.78 is 63.7. The largest absolute Gasteiger partial charge is 0.462 e. The minimum atomic E-state index is -1.84. The normalized spacial score (nSPS) is 49.1. The van der Waals surface area contributed by atoms with Gasteiger partial charge in [-0.25, -0.2) is 0 Å². The van der Waals surface area contributed by atoms with Gasteiger partial charge in [0.1, 0.15) is 42.0 Å².